The van der Waals surface area contributed by atoms with Crippen molar-refractivity contribution in [1.29, 1.82) is 0 Å². The van der Waals surface area contributed by atoms with E-state index in [0.29, 0.717) is 6.04 Å². The second kappa shape index (κ2) is 17.5. The molecule has 2 aliphatic rings. The maximum atomic E-state index is 11.1. The molecule has 2 fully saturated rings. The van der Waals surface area contributed by atoms with Crippen molar-refractivity contribution in [3.63, 3.8) is 0 Å². The first kappa shape index (κ1) is 29.8. The molecule has 2 rings (SSSR count). The molecule has 0 spiro atoms. The van der Waals surface area contributed by atoms with Crippen LogP contribution in [0, 0.1) is 0 Å². The molecule has 4 atom stereocenters. The van der Waals surface area contributed by atoms with Gasteiger partial charge in [0, 0.05) is 77.0 Å². The Morgan fingerprint density at radius 1 is 0.923 bits per heavy atom. The third kappa shape index (κ3) is 12.3. The topological polar surface area (TPSA) is 50.3 Å². The first-order valence-corrected chi connectivity index (χ1v) is 12.0. The number of halogens is 1. The molecular formula is C16H37IN4O2P2V. The normalized spacial score (nSPS) is 22.0. The summed E-state index contributed by atoms with van der Waals surface area (Å²) in [5.74, 6) is 0.271. The van der Waals surface area contributed by atoms with Gasteiger partial charge in [0.1, 0.15) is 5.78 Å². The third-order valence-corrected chi connectivity index (χ3v) is 5.75. The Morgan fingerprint density at radius 3 is 1.58 bits per heavy atom. The summed E-state index contributed by atoms with van der Waals surface area (Å²) in [4.78, 5) is 17.6. The molecule has 2 saturated heterocycles. The van der Waals surface area contributed by atoms with Crippen LogP contribution in [0.4, 0.5) is 0 Å². The fourth-order valence-electron chi connectivity index (χ4n) is 2.68. The summed E-state index contributed by atoms with van der Waals surface area (Å²) in [6, 6.07) is 0.428. The number of rotatable bonds is 4. The molecule has 6 nitrogen and oxygen atoms in total. The predicted octanol–water partition coefficient (Wildman–Crippen LogP) is 1.20. The number of alkyl halides is 1. The van der Waals surface area contributed by atoms with Gasteiger partial charge in [-0.1, -0.05) is 41.4 Å². The Hall–Kier alpha value is 1.64. The molecule has 0 aromatic rings. The predicted molar refractivity (Wildman–Crippen MR) is 122 cm³/mol. The van der Waals surface area contributed by atoms with E-state index in [9.17, 15) is 4.79 Å². The summed E-state index contributed by atoms with van der Waals surface area (Å²) in [5, 5.41) is 8.89. The fraction of sp³-hybridized carbons (Fsp3) is 0.938. The van der Waals surface area contributed by atoms with Gasteiger partial charge in [-0.15, -0.1) is 0 Å². The van der Waals surface area contributed by atoms with Crippen molar-refractivity contribution in [2.24, 2.45) is 0 Å². The SMILES string of the molecule is CC(=O)C(C)N1CCN(P)CC1.CC(CO)N1CCN(P)CC1.CI.[V]. The Labute approximate surface area is 190 Å². The van der Waals surface area contributed by atoms with E-state index in [2.05, 4.69) is 67.4 Å². The summed E-state index contributed by atoms with van der Waals surface area (Å²) in [6.07, 6.45) is 0. The molecule has 155 valence electrons. The quantitative estimate of drug-likeness (QED) is 0.319. The first-order chi connectivity index (χ1) is 11.8. The zero-order valence-electron chi connectivity index (χ0n) is 16.6. The summed E-state index contributed by atoms with van der Waals surface area (Å²) in [5.41, 5.74) is 0. The van der Waals surface area contributed by atoms with Crippen LogP contribution >= 0.6 is 41.4 Å². The van der Waals surface area contributed by atoms with Crippen molar-refractivity contribution in [1.82, 2.24) is 19.1 Å². The number of hydrogen-bond acceptors (Lipinski definition) is 6. The van der Waals surface area contributed by atoms with Crippen LogP contribution in [0.1, 0.15) is 20.8 Å². The smallest absolute Gasteiger partial charge is 0.146 e. The molecule has 1 N–H and O–H groups in total. The molecule has 10 heteroatoms. The number of aliphatic hydroxyl groups excluding tert-OH is 1. The monoisotopic (exact) mass is 557 g/mol. The van der Waals surface area contributed by atoms with Gasteiger partial charge in [-0.2, -0.15) is 0 Å². The molecule has 0 aromatic heterocycles. The van der Waals surface area contributed by atoms with Crippen molar-refractivity contribution < 1.29 is 28.5 Å². The van der Waals surface area contributed by atoms with Gasteiger partial charge in [-0.05, 0) is 25.7 Å². The van der Waals surface area contributed by atoms with Crippen LogP contribution in [0.25, 0.3) is 0 Å². The molecule has 4 unspecified atom stereocenters. The van der Waals surface area contributed by atoms with Crippen LogP contribution in [-0.4, -0.2) is 106 Å². The zero-order valence-corrected chi connectivity index (χ0v) is 22.5. The van der Waals surface area contributed by atoms with Crippen LogP contribution < -0.4 is 0 Å². The van der Waals surface area contributed by atoms with E-state index in [0.717, 1.165) is 52.4 Å². The van der Waals surface area contributed by atoms with Crippen LogP contribution in [0.15, 0.2) is 0 Å². The number of aliphatic hydroxyl groups is 1. The van der Waals surface area contributed by atoms with Crippen molar-refractivity contribution in [3.05, 3.63) is 0 Å². The van der Waals surface area contributed by atoms with E-state index < -0.39 is 0 Å². The van der Waals surface area contributed by atoms with Crippen LogP contribution in [0.2, 0.25) is 0 Å². The Balaban J connectivity index is 0. The Kier molecular flexibility index (Phi) is 20.1. The van der Waals surface area contributed by atoms with E-state index in [1.54, 1.807) is 6.92 Å². The standard InChI is InChI=1S/C8H17N2OP.C7H17N2OP.CH3I.V/c1-7(8(2)11)9-3-5-10(12)6-4-9;1-7(6-10)8-2-4-9(11)5-3-8;1-2;/h7H,3-6,12H2,1-2H3;7,10H,2-6,11H2,1H3;1H3;. The van der Waals surface area contributed by atoms with E-state index in [4.69, 9.17) is 5.11 Å². The number of Topliss-reactive ketones (excluding diaryl/α,β-unsaturated/α-hetero) is 1. The minimum atomic E-state index is 0. The molecule has 0 bridgehead atoms. The number of carbonyl (C=O) groups excluding carboxylic acids is 1. The first-order valence-electron chi connectivity index (χ1n) is 8.81. The Bertz CT molecular complexity index is 359. The molecule has 2 aliphatic heterocycles. The van der Waals surface area contributed by atoms with E-state index in [1.807, 2.05) is 11.9 Å². The molecule has 0 amide bonds. The van der Waals surface area contributed by atoms with Gasteiger partial charge in [-0.25, -0.2) is 0 Å². The zero-order chi connectivity index (χ0) is 19.4. The summed E-state index contributed by atoms with van der Waals surface area (Å²) in [6.45, 7) is 14.4. The average Bonchev–Trinajstić information content (AvgIpc) is 2.64. The number of nitrogens with zero attached hydrogens (tertiary/aromatic N) is 4. The average molecular weight is 557 g/mol. The number of ketones is 1. The van der Waals surface area contributed by atoms with Gasteiger partial charge >= 0.3 is 0 Å². The maximum absolute atomic E-state index is 11.1. The number of carbonyl (C=O) groups is 1. The van der Waals surface area contributed by atoms with Gasteiger partial charge in [0.05, 0.1) is 12.6 Å². The summed E-state index contributed by atoms with van der Waals surface area (Å²) >= 11 is 2.15. The summed E-state index contributed by atoms with van der Waals surface area (Å²) in [7, 11) is 5.41. The molecule has 0 aromatic carbocycles. The third-order valence-electron chi connectivity index (χ3n) is 4.72. The van der Waals surface area contributed by atoms with Gasteiger partial charge < -0.3 is 5.11 Å². The van der Waals surface area contributed by atoms with Crippen molar-refractivity contribution >= 4 is 47.2 Å². The van der Waals surface area contributed by atoms with E-state index in [-0.39, 0.29) is 37.0 Å². The van der Waals surface area contributed by atoms with Gasteiger partial charge in [-0.3, -0.25) is 23.9 Å². The largest absolute Gasteiger partial charge is 0.395 e. The van der Waals surface area contributed by atoms with Gasteiger partial charge in [0.2, 0.25) is 0 Å². The van der Waals surface area contributed by atoms with E-state index in [1.165, 1.54) is 0 Å². The minimum Gasteiger partial charge on any atom is -0.395 e. The van der Waals surface area contributed by atoms with Crippen LogP contribution in [0.3, 0.4) is 0 Å². The van der Waals surface area contributed by atoms with Crippen LogP contribution in [-0.2, 0) is 23.4 Å². The number of piperazine rings is 2. The van der Waals surface area contributed by atoms with Crippen LogP contribution in [0.5, 0.6) is 0 Å². The molecule has 26 heavy (non-hydrogen) atoms. The molecule has 2 heterocycles. The van der Waals surface area contributed by atoms with Gasteiger partial charge in [0.15, 0.2) is 0 Å². The second-order valence-electron chi connectivity index (χ2n) is 6.46. The Morgan fingerprint density at radius 2 is 1.27 bits per heavy atom. The minimum absolute atomic E-state index is 0. The molecule has 0 aliphatic carbocycles. The van der Waals surface area contributed by atoms with Gasteiger partial charge in [0.25, 0.3) is 0 Å². The summed E-state index contributed by atoms with van der Waals surface area (Å²) < 4.78 is 4.45. The fourth-order valence-corrected chi connectivity index (χ4v) is 3.14. The molecule has 1 radical (unpaired) electrons. The van der Waals surface area contributed by atoms with Crippen molar-refractivity contribution in [2.45, 2.75) is 32.9 Å². The van der Waals surface area contributed by atoms with Crippen molar-refractivity contribution in [2.75, 3.05) is 63.9 Å². The van der Waals surface area contributed by atoms with E-state index >= 15 is 0 Å². The number of hydrogen-bond donors (Lipinski definition) is 1. The second-order valence-corrected chi connectivity index (χ2v) is 7.92. The molecule has 0 saturated carbocycles. The maximum Gasteiger partial charge on any atom is 0.146 e. The van der Waals surface area contributed by atoms with Crippen molar-refractivity contribution in [3.8, 4) is 0 Å². The molecular weight excluding hydrogens is 520 g/mol.